The number of rotatable bonds is 0. The smallest absolute Gasteiger partial charge is 0.0676 e. The van der Waals surface area contributed by atoms with E-state index in [4.69, 9.17) is 0 Å². The molecule has 0 aromatic rings. The minimum atomic E-state index is -0.215. The molecule has 0 aliphatic heterocycles. The normalized spacial score (nSPS) is 57.2. The van der Waals surface area contributed by atoms with Gasteiger partial charge in [-0.25, -0.2) is 0 Å². The maximum Gasteiger partial charge on any atom is 0.0676 e. The van der Waals surface area contributed by atoms with E-state index in [1.54, 1.807) is 0 Å². The predicted octanol–water partition coefficient (Wildman–Crippen LogP) is 2.34. The summed E-state index contributed by atoms with van der Waals surface area (Å²) in [6, 6.07) is 0. The quantitative estimate of drug-likeness (QED) is 0.585. The maximum atomic E-state index is 10.3. The molecule has 3 fully saturated rings. The molecule has 1 nitrogen and oxygen atoms in total. The van der Waals surface area contributed by atoms with Gasteiger partial charge in [-0.2, -0.15) is 0 Å². The number of hydrogen-bond acceptors (Lipinski definition) is 1. The molecule has 68 valence electrons. The third-order valence-corrected chi connectivity index (χ3v) is 4.63. The van der Waals surface area contributed by atoms with Gasteiger partial charge in [0.15, 0.2) is 0 Å². The Morgan fingerprint density at radius 2 is 1.50 bits per heavy atom. The zero-order valence-corrected chi connectivity index (χ0v) is 7.63. The Balaban J connectivity index is 1.92. The first kappa shape index (κ1) is 7.37. The largest absolute Gasteiger partial charge is 0.390 e. The second-order valence-electron chi connectivity index (χ2n) is 5.32. The van der Waals surface area contributed by atoms with Crippen LogP contribution in [0.4, 0.5) is 0 Å². The Morgan fingerprint density at radius 1 is 0.917 bits per heavy atom. The Hall–Kier alpha value is -0.0400. The van der Waals surface area contributed by atoms with Crippen LogP contribution < -0.4 is 0 Å². The molecule has 0 aromatic heterocycles. The lowest BCUT2D eigenvalue weighted by Crippen LogP contribution is -2.50. The molecule has 12 heavy (non-hydrogen) atoms. The molecule has 0 aromatic carbocycles. The Labute approximate surface area is 74.2 Å². The lowest BCUT2D eigenvalue weighted by molar-refractivity contribution is -0.124. The van der Waals surface area contributed by atoms with Crippen molar-refractivity contribution in [1.82, 2.24) is 0 Å². The van der Waals surface area contributed by atoms with Crippen molar-refractivity contribution in [3.8, 4) is 0 Å². The standard InChI is InChI=1S/C11H18O/c12-11-3-1-8-5-9(2-4-11)7-10(11)6-8/h8-10,12H,1-7H2/t8-,9+,10?,11?. The molecular weight excluding hydrogens is 148 g/mol. The van der Waals surface area contributed by atoms with Gasteiger partial charge in [-0.3, -0.25) is 0 Å². The van der Waals surface area contributed by atoms with Crippen molar-refractivity contribution in [2.45, 2.75) is 50.5 Å². The first-order valence-electron chi connectivity index (χ1n) is 5.49. The van der Waals surface area contributed by atoms with Crippen LogP contribution in [0.25, 0.3) is 0 Å². The molecule has 3 aliphatic rings. The van der Waals surface area contributed by atoms with Crippen molar-refractivity contribution in [3.05, 3.63) is 0 Å². The van der Waals surface area contributed by atoms with Crippen molar-refractivity contribution in [2.75, 3.05) is 0 Å². The molecule has 2 unspecified atom stereocenters. The minimum Gasteiger partial charge on any atom is -0.390 e. The summed E-state index contributed by atoms with van der Waals surface area (Å²) in [4.78, 5) is 0. The zero-order chi connectivity index (χ0) is 8.18. The summed E-state index contributed by atoms with van der Waals surface area (Å²) in [5, 5.41) is 10.3. The van der Waals surface area contributed by atoms with E-state index in [2.05, 4.69) is 0 Å². The zero-order valence-electron chi connectivity index (χ0n) is 7.63. The maximum absolute atomic E-state index is 10.3. The molecule has 0 amide bonds. The lowest BCUT2D eigenvalue weighted by atomic mass is 9.55. The van der Waals surface area contributed by atoms with Crippen LogP contribution in [-0.2, 0) is 0 Å². The Bertz CT molecular complexity index is 183. The second kappa shape index (κ2) is 2.25. The van der Waals surface area contributed by atoms with E-state index >= 15 is 0 Å². The van der Waals surface area contributed by atoms with Gasteiger partial charge in [0.2, 0.25) is 0 Å². The molecule has 3 aliphatic carbocycles. The van der Waals surface area contributed by atoms with E-state index in [1.807, 2.05) is 0 Å². The highest BCUT2D eigenvalue weighted by Gasteiger charge is 2.49. The fraction of sp³-hybridized carbons (Fsp3) is 1.00. The SMILES string of the molecule is OC12CC[C@@H]3CC1C[C@H](CC2)C3. The molecule has 1 heteroatoms. The van der Waals surface area contributed by atoms with Crippen LogP contribution in [0.15, 0.2) is 0 Å². The summed E-state index contributed by atoms with van der Waals surface area (Å²) in [5.74, 6) is 2.65. The van der Waals surface area contributed by atoms with E-state index in [0.29, 0.717) is 5.92 Å². The molecule has 0 saturated heterocycles. The highest BCUT2D eigenvalue weighted by atomic mass is 16.3. The summed E-state index contributed by atoms with van der Waals surface area (Å²) < 4.78 is 0. The Kier molecular flexibility index (Phi) is 1.39. The van der Waals surface area contributed by atoms with Gasteiger partial charge < -0.3 is 5.11 Å². The van der Waals surface area contributed by atoms with E-state index < -0.39 is 0 Å². The molecule has 1 N–H and O–H groups in total. The first-order chi connectivity index (χ1) is 5.76. The molecule has 3 saturated carbocycles. The molecular formula is C11H18O. The molecule has 3 rings (SSSR count). The molecule has 0 radical (unpaired) electrons. The van der Waals surface area contributed by atoms with Crippen LogP contribution in [0.5, 0.6) is 0 Å². The molecule has 4 atom stereocenters. The van der Waals surface area contributed by atoms with E-state index in [0.717, 1.165) is 24.7 Å². The van der Waals surface area contributed by atoms with Crippen LogP contribution in [0, 0.1) is 17.8 Å². The Morgan fingerprint density at radius 3 is 2.08 bits per heavy atom. The molecule has 0 heterocycles. The minimum absolute atomic E-state index is 0.215. The van der Waals surface area contributed by atoms with Crippen molar-refractivity contribution in [3.63, 3.8) is 0 Å². The van der Waals surface area contributed by atoms with Gasteiger partial charge in [-0.1, -0.05) is 0 Å². The van der Waals surface area contributed by atoms with Gasteiger partial charge in [0.05, 0.1) is 5.60 Å². The van der Waals surface area contributed by atoms with E-state index in [-0.39, 0.29) is 5.60 Å². The fourth-order valence-corrected chi connectivity index (χ4v) is 3.92. The van der Waals surface area contributed by atoms with Crippen LogP contribution in [0.3, 0.4) is 0 Å². The third kappa shape index (κ3) is 0.891. The summed E-state index contributed by atoms with van der Waals surface area (Å²) >= 11 is 0. The third-order valence-electron chi connectivity index (χ3n) is 4.63. The lowest BCUT2D eigenvalue weighted by Gasteiger charge is -2.53. The number of aliphatic hydroxyl groups is 1. The summed E-state index contributed by atoms with van der Waals surface area (Å²) in [7, 11) is 0. The summed E-state index contributed by atoms with van der Waals surface area (Å²) in [6.45, 7) is 0. The molecule has 3 bridgehead atoms. The average Bonchev–Trinajstić information content (AvgIpc) is 2.08. The monoisotopic (exact) mass is 166 g/mol. The van der Waals surface area contributed by atoms with Gasteiger partial charge in [-0.15, -0.1) is 0 Å². The van der Waals surface area contributed by atoms with Gasteiger partial charge in [0.1, 0.15) is 0 Å². The highest BCUT2D eigenvalue weighted by molar-refractivity contribution is 5.00. The highest BCUT2D eigenvalue weighted by Crippen LogP contribution is 2.54. The topological polar surface area (TPSA) is 20.2 Å². The first-order valence-corrected chi connectivity index (χ1v) is 5.49. The van der Waals surface area contributed by atoms with Gasteiger partial charge in [0.25, 0.3) is 0 Å². The van der Waals surface area contributed by atoms with Crippen molar-refractivity contribution in [1.29, 1.82) is 0 Å². The fourth-order valence-electron chi connectivity index (χ4n) is 3.92. The van der Waals surface area contributed by atoms with Crippen molar-refractivity contribution < 1.29 is 5.11 Å². The number of hydrogen-bond donors (Lipinski definition) is 1. The summed E-state index contributed by atoms with van der Waals surface area (Å²) in [6.07, 6.45) is 8.99. The van der Waals surface area contributed by atoms with Gasteiger partial charge in [-0.05, 0) is 62.7 Å². The second-order valence-corrected chi connectivity index (χ2v) is 5.32. The van der Waals surface area contributed by atoms with Crippen molar-refractivity contribution >= 4 is 0 Å². The van der Waals surface area contributed by atoms with E-state index in [1.165, 1.54) is 32.1 Å². The summed E-state index contributed by atoms with van der Waals surface area (Å²) in [5.41, 5.74) is -0.215. The van der Waals surface area contributed by atoms with E-state index in [9.17, 15) is 5.11 Å². The van der Waals surface area contributed by atoms with Crippen LogP contribution in [-0.4, -0.2) is 10.7 Å². The number of fused-ring (bicyclic) bond motifs is 2. The van der Waals surface area contributed by atoms with Gasteiger partial charge >= 0.3 is 0 Å². The van der Waals surface area contributed by atoms with Crippen molar-refractivity contribution in [2.24, 2.45) is 17.8 Å². The van der Waals surface area contributed by atoms with Crippen LogP contribution in [0.2, 0.25) is 0 Å². The average molecular weight is 166 g/mol. The predicted molar refractivity (Wildman–Crippen MR) is 47.7 cm³/mol. The molecule has 0 spiro atoms. The van der Waals surface area contributed by atoms with Gasteiger partial charge in [0, 0.05) is 0 Å². The van der Waals surface area contributed by atoms with Crippen LogP contribution in [0.1, 0.15) is 44.9 Å². The van der Waals surface area contributed by atoms with Crippen LogP contribution >= 0.6 is 0 Å².